The van der Waals surface area contributed by atoms with E-state index in [0.29, 0.717) is 10.2 Å². The van der Waals surface area contributed by atoms with Crippen molar-refractivity contribution in [2.45, 2.75) is 26.7 Å². The van der Waals surface area contributed by atoms with Gasteiger partial charge in [-0.15, -0.1) is 0 Å². The van der Waals surface area contributed by atoms with Gasteiger partial charge in [0.25, 0.3) is 0 Å². The molecule has 0 spiro atoms. The smallest absolute Gasteiger partial charge is 0.138 e. The lowest BCUT2D eigenvalue weighted by Crippen LogP contribution is -2.05. The van der Waals surface area contributed by atoms with Crippen LogP contribution in [0.3, 0.4) is 0 Å². The summed E-state index contributed by atoms with van der Waals surface area (Å²) in [5, 5.41) is 4.49. The van der Waals surface area contributed by atoms with Gasteiger partial charge in [0.2, 0.25) is 0 Å². The van der Waals surface area contributed by atoms with Gasteiger partial charge < -0.3 is 5.32 Å². The van der Waals surface area contributed by atoms with Gasteiger partial charge >= 0.3 is 0 Å². The molecule has 2 rings (SSSR count). The van der Waals surface area contributed by atoms with Crippen LogP contribution in [-0.2, 0) is 0 Å². The number of hydrogen-bond acceptors (Lipinski definition) is 3. The minimum atomic E-state index is 0.220. The first-order chi connectivity index (χ1) is 9.38. The molecule has 6 heteroatoms. The van der Waals surface area contributed by atoms with Crippen LogP contribution in [0.2, 0.25) is 10.2 Å². The summed E-state index contributed by atoms with van der Waals surface area (Å²) in [6.45, 7) is 5.98. The SMILES string of the molecule is Cc1c(Cl)nc(C(C)C)nc1Nc1ccc(Cl)cc1I. The molecule has 0 aliphatic heterocycles. The van der Waals surface area contributed by atoms with Gasteiger partial charge in [-0.1, -0.05) is 37.0 Å². The number of hydrogen-bond donors (Lipinski definition) is 1. The van der Waals surface area contributed by atoms with Gasteiger partial charge in [0, 0.05) is 20.1 Å². The molecule has 0 atom stereocenters. The summed E-state index contributed by atoms with van der Waals surface area (Å²) in [7, 11) is 0. The number of anilines is 2. The first kappa shape index (κ1) is 15.8. The Morgan fingerprint density at radius 2 is 1.90 bits per heavy atom. The molecular formula is C14H14Cl2IN3. The van der Waals surface area contributed by atoms with Crippen molar-refractivity contribution < 1.29 is 0 Å². The highest BCUT2D eigenvalue weighted by Crippen LogP contribution is 2.29. The van der Waals surface area contributed by atoms with E-state index in [1.54, 1.807) is 0 Å². The Balaban J connectivity index is 2.42. The van der Waals surface area contributed by atoms with Crippen molar-refractivity contribution in [2.24, 2.45) is 0 Å². The first-order valence-electron chi connectivity index (χ1n) is 6.14. The third-order valence-electron chi connectivity index (χ3n) is 2.80. The predicted molar refractivity (Wildman–Crippen MR) is 93.3 cm³/mol. The van der Waals surface area contributed by atoms with Gasteiger partial charge in [-0.3, -0.25) is 0 Å². The highest BCUT2D eigenvalue weighted by molar-refractivity contribution is 14.1. The molecule has 3 nitrogen and oxygen atoms in total. The number of benzene rings is 1. The summed E-state index contributed by atoms with van der Waals surface area (Å²) in [6.07, 6.45) is 0. The van der Waals surface area contributed by atoms with E-state index in [0.717, 1.165) is 26.5 Å². The molecule has 1 N–H and O–H groups in total. The van der Waals surface area contributed by atoms with Crippen LogP contribution in [-0.4, -0.2) is 9.97 Å². The van der Waals surface area contributed by atoms with Crippen LogP contribution in [0.4, 0.5) is 11.5 Å². The van der Waals surface area contributed by atoms with E-state index >= 15 is 0 Å². The molecule has 1 aromatic heterocycles. The molecular weight excluding hydrogens is 408 g/mol. The fourth-order valence-electron chi connectivity index (χ4n) is 1.60. The van der Waals surface area contributed by atoms with Gasteiger partial charge in [-0.2, -0.15) is 0 Å². The van der Waals surface area contributed by atoms with Crippen LogP contribution < -0.4 is 5.32 Å². The average Bonchev–Trinajstić information content (AvgIpc) is 2.37. The van der Waals surface area contributed by atoms with Crippen molar-refractivity contribution in [1.29, 1.82) is 0 Å². The normalized spacial score (nSPS) is 10.9. The fraction of sp³-hybridized carbons (Fsp3) is 0.286. The Kier molecular flexibility index (Phi) is 5.09. The van der Waals surface area contributed by atoms with Crippen molar-refractivity contribution in [2.75, 3.05) is 5.32 Å². The molecule has 0 saturated carbocycles. The van der Waals surface area contributed by atoms with E-state index in [2.05, 4.69) is 37.9 Å². The minimum Gasteiger partial charge on any atom is -0.339 e. The number of rotatable bonds is 3. The average molecular weight is 422 g/mol. The minimum absolute atomic E-state index is 0.220. The van der Waals surface area contributed by atoms with Crippen molar-refractivity contribution in [3.8, 4) is 0 Å². The van der Waals surface area contributed by atoms with Crippen molar-refractivity contribution in [1.82, 2.24) is 9.97 Å². The lowest BCUT2D eigenvalue weighted by atomic mass is 10.2. The second-order valence-electron chi connectivity index (χ2n) is 4.75. The van der Waals surface area contributed by atoms with Crippen molar-refractivity contribution >= 4 is 57.3 Å². The zero-order valence-electron chi connectivity index (χ0n) is 11.3. The van der Waals surface area contributed by atoms with Gasteiger partial charge in [0.15, 0.2) is 0 Å². The lowest BCUT2D eigenvalue weighted by Gasteiger charge is -2.14. The molecule has 0 amide bonds. The summed E-state index contributed by atoms with van der Waals surface area (Å²) in [5.74, 6) is 1.68. The third kappa shape index (κ3) is 3.54. The third-order valence-corrected chi connectivity index (χ3v) is 4.30. The Hall–Kier alpha value is -0.590. The standard InChI is InChI=1S/C14H14Cl2IN3/c1-7(2)13-19-12(16)8(3)14(20-13)18-11-5-4-9(15)6-10(11)17/h4-7H,1-3H3,(H,18,19,20). The van der Waals surface area contributed by atoms with Gasteiger partial charge in [-0.05, 0) is 47.7 Å². The summed E-state index contributed by atoms with van der Waals surface area (Å²) < 4.78 is 1.02. The highest BCUT2D eigenvalue weighted by Gasteiger charge is 2.13. The summed E-state index contributed by atoms with van der Waals surface area (Å²) in [5.41, 5.74) is 1.78. The number of aromatic nitrogens is 2. The van der Waals surface area contributed by atoms with Crippen LogP contribution in [0.15, 0.2) is 18.2 Å². The summed E-state index contributed by atoms with van der Waals surface area (Å²) >= 11 is 14.4. The topological polar surface area (TPSA) is 37.8 Å². The fourth-order valence-corrected chi connectivity index (χ4v) is 2.79. The lowest BCUT2D eigenvalue weighted by molar-refractivity contribution is 0.773. The maximum Gasteiger partial charge on any atom is 0.138 e. The van der Waals surface area contributed by atoms with E-state index in [4.69, 9.17) is 23.2 Å². The van der Waals surface area contributed by atoms with Crippen LogP contribution in [0.25, 0.3) is 0 Å². The number of halogens is 3. The predicted octanol–water partition coefficient (Wildman–Crippen LogP) is 5.56. The maximum atomic E-state index is 6.18. The van der Waals surface area contributed by atoms with Crippen LogP contribution in [0.5, 0.6) is 0 Å². The Labute approximate surface area is 142 Å². The summed E-state index contributed by atoms with van der Waals surface area (Å²) in [6, 6.07) is 5.66. The molecule has 0 bridgehead atoms. The Morgan fingerprint density at radius 1 is 1.20 bits per heavy atom. The van der Waals surface area contributed by atoms with Gasteiger partial charge in [0.05, 0.1) is 5.69 Å². The highest BCUT2D eigenvalue weighted by atomic mass is 127. The van der Waals surface area contributed by atoms with E-state index in [9.17, 15) is 0 Å². The van der Waals surface area contributed by atoms with Crippen LogP contribution in [0, 0.1) is 10.5 Å². The molecule has 0 saturated heterocycles. The molecule has 20 heavy (non-hydrogen) atoms. The first-order valence-corrected chi connectivity index (χ1v) is 7.98. The second-order valence-corrected chi connectivity index (χ2v) is 6.71. The second kappa shape index (κ2) is 6.45. The molecule has 0 aliphatic rings. The molecule has 0 aliphatic carbocycles. The monoisotopic (exact) mass is 421 g/mol. The van der Waals surface area contributed by atoms with Crippen LogP contribution in [0.1, 0.15) is 31.2 Å². The zero-order chi connectivity index (χ0) is 14.9. The van der Waals surface area contributed by atoms with E-state index in [-0.39, 0.29) is 5.92 Å². The molecule has 1 heterocycles. The Bertz CT molecular complexity index is 645. The van der Waals surface area contributed by atoms with Gasteiger partial charge in [-0.25, -0.2) is 9.97 Å². The summed E-state index contributed by atoms with van der Waals surface area (Å²) in [4.78, 5) is 8.85. The molecule has 0 radical (unpaired) electrons. The maximum absolute atomic E-state index is 6.18. The van der Waals surface area contributed by atoms with Crippen molar-refractivity contribution in [3.63, 3.8) is 0 Å². The zero-order valence-corrected chi connectivity index (χ0v) is 15.0. The Morgan fingerprint density at radius 3 is 2.50 bits per heavy atom. The quantitative estimate of drug-likeness (QED) is 0.520. The molecule has 0 fully saturated rings. The number of nitrogens with one attached hydrogen (secondary N) is 1. The molecule has 0 unspecified atom stereocenters. The molecule has 2 aromatic rings. The molecule has 1 aromatic carbocycles. The number of nitrogens with zero attached hydrogens (tertiary/aromatic N) is 2. The van der Waals surface area contributed by atoms with Crippen LogP contribution >= 0.6 is 45.8 Å². The van der Waals surface area contributed by atoms with E-state index in [1.807, 2.05) is 39.0 Å². The van der Waals surface area contributed by atoms with E-state index < -0.39 is 0 Å². The largest absolute Gasteiger partial charge is 0.339 e. The van der Waals surface area contributed by atoms with Crippen molar-refractivity contribution in [3.05, 3.63) is 43.3 Å². The van der Waals surface area contributed by atoms with E-state index in [1.165, 1.54) is 0 Å². The molecule has 106 valence electrons. The van der Waals surface area contributed by atoms with Gasteiger partial charge in [0.1, 0.15) is 16.8 Å².